The molecule has 1 aromatic carbocycles. The van der Waals surface area contributed by atoms with Crippen LogP contribution in [0, 0.1) is 5.41 Å². The molecule has 0 aliphatic heterocycles. The second kappa shape index (κ2) is 6.74. The van der Waals surface area contributed by atoms with Crippen molar-refractivity contribution in [3.05, 3.63) is 28.2 Å². The molecule has 0 aliphatic carbocycles. The van der Waals surface area contributed by atoms with Gasteiger partial charge in [-0.2, -0.15) is 0 Å². The van der Waals surface area contributed by atoms with Crippen molar-refractivity contribution in [1.29, 1.82) is 5.41 Å². The van der Waals surface area contributed by atoms with Crippen molar-refractivity contribution >= 4 is 46.3 Å². The third-order valence-corrected chi connectivity index (χ3v) is 2.64. The monoisotopic (exact) mass is 293 g/mol. The molecule has 92 valence electrons. The number of hydrogen-bond donors (Lipinski definition) is 1. The maximum atomic E-state index is 10.5. The lowest BCUT2D eigenvalue weighted by molar-refractivity contribution is -0.139. The van der Waals surface area contributed by atoms with Crippen molar-refractivity contribution in [1.82, 2.24) is 0 Å². The number of carbonyl (C=O) groups is 1. The van der Waals surface area contributed by atoms with Gasteiger partial charge in [0.1, 0.15) is 23.7 Å². The summed E-state index contributed by atoms with van der Waals surface area (Å²) in [4.78, 5) is 10.5. The zero-order valence-electron chi connectivity index (χ0n) is 8.83. The Morgan fingerprint density at radius 1 is 1.47 bits per heavy atom. The largest absolute Gasteiger partial charge is 0.459 e. The van der Waals surface area contributed by atoms with E-state index in [0.29, 0.717) is 15.8 Å². The standard InChI is InChI=1S/C10H9Cl2NO3S/c1-6(14)15-5-10(13)17-16-9-3-2-7(11)4-8(9)12/h2-4,13H,5H2,1H3. The van der Waals surface area contributed by atoms with Crippen LogP contribution < -0.4 is 4.18 Å². The van der Waals surface area contributed by atoms with E-state index < -0.39 is 5.97 Å². The first-order valence-electron chi connectivity index (χ1n) is 4.49. The van der Waals surface area contributed by atoms with Gasteiger partial charge in [0.05, 0.1) is 5.02 Å². The molecule has 0 aliphatic rings. The van der Waals surface area contributed by atoms with E-state index in [0.717, 1.165) is 12.0 Å². The third-order valence-electron chi connectivity index (χ3n) is 1.53. The molecule has 0 saturated carbocycles. The van der Waals surface area contributed by atoms with Crippen molar-refractivity contribution in [3.63, 3.8) is 0 Å². The van der Waals surface area contributed by atoms with Crippen LogP contribution in [-0.4, -0.2) is 17.6 Å². The van der Waals surface area contributed by atoms with Crippen LogP contribution in [0.2, 0.25) is 10.0 Å². The summed E-state index contributed by atoms with van der Waals surface area (Å²) in [5.74, 6) is -0.0477. The predicted octanol–water partition coefficient (Wildman–Crippen LogP) is 3.56. The Kier molecular flexibility index (Phi) is 5.61. The average molecular weight is 294 g/mol. The third kappa shape index (κ3) is 5.30. The molecular weight excluding hydrogens is 285 g/mol. The lowest BCUT2D eigenvalue weighted by Crippen LogP contribution is -2.08. The van der Waals surface area contributed by atoms with Crippen molar-refractivity contribution in [3.8, 4) is 5.75 Å². The Hall–Kier alpha value is -0.910. The maximum Gasteiger partial charge on any atom is 0.303 e. The number of esters is 1. The summed E-state index contributed by atoms with van der Waals surface area (Å²) >= 11 is 12.3. The number of nitrogens with one attached hydrogen (secondary N) is 1. The molecule has 1 N–H and O–H groups in total. The Balaban J connectivity index is 2.44. The fourth-order valence-corrected chi connectivity index (χ4v) is 1.76. The lowest BCUT2D eigenvalue weighted by Gasteiger charge is -2.06. The van der Waals surface area contributed by atoms with E-state index in [9.17, 15) is 4.79 Å². The molecule has 0 fully saturated rings. The first kappa shape index (κ1) is 14.2. The van der Waals surface area contributed by atoms with Crippen molar-refractivity contribution < 1.29 is 13.7 Å². The van der Waals surface area contributed by atoms with Crippen molar-refractivity contribution in [2.24, 2.45) is 0 Å². The molecular formula is C10H9Cl2NO3S. The van der Waals surface area contributed by atoms with E-state index in [1.165, 1.54) is 13.0 Å². The highest BCUT2D eigenvalue weighted by Crippen LogP contribution is 2.30. The Morgan fingerprint density at radius 2 is 2.18 bits per heavy atom. The number of benzene rings is 1. The van der Waals surface area contributed by atoms with Crippen molar-refractivity contribution in [2.75, 3.05) is 6.61 Å². The summed E-state index contributed by atoms with van der Waals surface area (Å²) in [6.07, 6.45) is 0. The van der Waals surface area contributed by atoms with Crippen LogP contribution in [0.15, 0.2) is 18.2 Å². The van der Waals surface area contributed by atoms with Crippen LogP contribution in [0.4, 0.5) is 0 Å². The zero-order valence-corrected chi connectivity index (χ0v) is 11.2. The van der Waals surface area contributed by atoms with E-state index in [2.05, 4.69) is 4.74 Å². The highest BCUT2D eigenvalue weighted by Gasteiger charge is 2.07. The molecule has 4 nitrogen and oxygen atoms in total. The molecule has 0 unspecified atom stereocenters. The molecule has 1 rings (SSSR count). The van der Waals surface area contributed by atoms with Crippen LogP contribution in [-0.2, 0) is 9.53 Å². The Labute approximate surface area is 113 Å². The fourth-order valence-electron chi connectivity index (χ4n) is 0.829. The minimum Gasteiger partial charge on any atom is -0.459 e. The number of carbonyl (C=O) groups excluding carboxylic acids is 1. The van der Waals surface area contributed by atoms with Gasteiger partial charge in [0.2, 0.25) is 0 Å². The second-order valence-electron chi connectivity index (χ2n) is 2.94. The van der Waals surface area contributed by atoms with Gasteiger partial charge in [-0.3, -0.25) is 10.2 Å². The molecule has 7 heteroatoms. The topological polar surface area (TPSA) is 59.4 Å². The smallest absolute Gasteiger partial charge is 0.303 e. The second-order valence-corrected chi connectivity index (χ2v) is 4.61. The van der Waals surface area contributed by atoms with Gasteiger partial charge in [0.15, 0.2) is 5.75 Å². The predicted molar refractivity (Wildman–Crippen MR) is 69.0 cm³/mol. The van der Waals surface area contributed by atoms with Gasteiger partial charge >= 0.3 is 5.97 Å². The van der Waals surface area contributed by atoms with E-state index >= 15 is 0 Å². The fraction of sp³-hybridized carbons (Fsp3) is 0.200. The average Bonchev–Trinajstić information content (AvgIpc) is 2.25. The molecule has 1 aromatic rings. The quantitative estimate of drug-likeness (QED) is 0.399. The summed E-state index contributed by atoms with van der Waals surface area (Å²) < 4.78 is 9.82. The van der Waals surface area contributed by atoms with E-state index in [-0.39, 0.29) is 11.7 Å². The number of hydrogen-bond acceptors (Lipinski definition) is 5. The molecule has 0 bridgehead atoms. The summed E-state index contributed by atoms with van der Waals surface area (Å²) in [5, 5.41) is 8.35. The minimum absolute atomic E-state index is 0.0613. The first-order chi connectivity index (χ1) is 7.99. The molecule has 0 atom stereocenters. The SMILES string of the molecule is CC(=O)OCC(=N)SOc1ccc(Cl)cc1Cl. The van der Waals surface area contributed by atoms with Crippen LogP contribution in [0.3, 0.4) is 0 Å². The highest BCUT2D eigenvalue weighted by atomic mass is 35.5. The highest BCUT2D eigenvalue weighted by molar-refractivity contribution is 8.10. The molecule has 0 radical (unpaired) electrons. The molecule has 0 saturated heterocycles. The van der Waals surface area contributed by atoms with Gasteiger partial charge in [-0.1, -0.05) is 23.2 Å². The van der Waals surface area contributed by atoms with Crippen LogP contribution in [0.5, 0.6) is 5.75 Å². The maximum absolute atomic E-state index is 10.5. The van der Waals surface area contributed by atoms with E-state index in [1.807, 2.05) is 0 Å². The molecule has 0 spiro atoms. The van der Waals surface area contributed by atoms with Gasteiger partial charge in [0, 0.05) is 11.9 Å². The molecule has 0 heterocycles. The van der Waals surface area contributed by atoms with Gasteiger partial charge in [0.25, 0.3) is 0 Å². The Bertz CT molecular complexity index is 440. The van der Waals surface area contributed by atoms with Gasteiger partial charge in [-0.15, -0.1) is 0 Å². The summed E-state index contributed by atoms with van der Waals surface area (Å²) in [5.41, 5.74) is 0. The summed E-state index contributed by atoms with van der Waals surface area (Å²) in [6, 6.07) is 4.75. The molecule has 0 amide bonds. The minimum atomic E-state index is -0.445. The van der Waals surface area contributed by atoms with Crippen LogP contribution in [0.1, 0.15) is 6.92 Å². The van der Waals surface area contributed by atoms with E-state index in [4.69, 9.17) is 32.8 Å². The lowest BCUT2D eigenvalue weighted by atomic mass is 10.3. The van der Waals surface area contributed by atoms with Crippen LogP contribution >= 0.6 is 35.2 Å². The first-order valence-corrected chi connectivity index (χ1v) is 5.99. The molecule has 0 aromatic heterocycles. The van der Waals surface area contributed by atoms with Gasteiger partial charge in [-0.05, 0) is 18.2 Å². The Morgan fingerprint density at radius 3 is 2.76 bits per heavy atom. The summed E-state index contributed by atoms with van der Waals surface area (Å²) in [6.45, 7) is 1.15. The van der Waals surface area contributed by atoms with Crippen LogP contribution in [0.25, 0.3) is 0 Å². The van der Waals surface area contributed by atoms with Gasteiger partial charge in [-0.25, -0.2) is 0 Å². The normalized spacial score (nSPS) is 9.82. The number of ether oxygens (including phenoxy) is 1. The van der Waals surface area contributed by atoms with E-state index in [1.54, 1.807) is 12.1 Å². The zero-order chi connectivity index (χ0) is 12.8. The van der Waals surface area contributed by atoms with Gasteiger partial charge < -0.3 is 8.92 Å². The summed E-state index contributed by atoms with van der Waals surface area (Å²) in [7, 11) is 0. The number of halogens is 2. The molecule has 17 heavy (non-hydrogen) atoms. The number of rotatable bonds is 4. The van der Waals surface area contributed by atoms with Crippen molar-refractivity contribution in [2.45, 2.75) is 6.92 Å².